The first kappa shape index (κ1) is 15.8. The van der Waals surface area contributed by atoms with Crippen molar-refractivity contribution in [1.29, 1.82) is 0 Å². The van der Waals surface area contributed by atoms with Crippen LogP contribution >= 0.6 is 0 Å². The lowest BCUT2D eigenvalue weighted by Crippen LogP contribution is -2.23. The van der Waals surface area contributed by atoms with Crippen LogP contribution in [0.3, 0.4) is 0 Å². The minimum Gasteiger partial charge on any atom is -0.346 e. The Kier molecular flexibility index (Phi) is 4.24. The summed E-state index contributed by atoms with van der Waals surface area (Å²) in [5, 5.41) is 6.36. The van der Waals surface area contributed by atoms with E-state index in [1.165, 1.54) is 5.56 Å². The molecule has 1 fully saturated rings. The van der Waals surface area contributed by atoms with Crippen molar-refractivity contribution < 1.29 is 4.79 Å². The van der Waals surface area contributed by atoms with E-state index in [2.05, 4.69) is 21.7 Å². The standard InChI is InChI=1S/C20H22N4O/c1-14-4-2-7-19-23-18(13-24(14)19)12-22-20(25)16-6-3-5-15(10-16)17-8-9-21-11-17/h2-7,10,13,17,21H,8-9,11-12H2,1H3,(H,22,25)/t17-/m1/s1. The second-order valence-electron chi connectivity index (χ2n) is 6.63. The van der Waals surface area contributed by atoms with E-state index < -0.39 is 0 Å². The molecule has 1 saturated heterocycles. The Balaban J connectivity index is 1.46. The Morgan fingerprint density at radius 2 is 2.20 bits per heavy atom. The minimum absolute atomic E-state index is 0.0541. The van der Waals surface area contributed by atoms with Gasteiger partial charge in [0.15, 0.2) is 0 Å². The molecule has 1 aliphatic heterocycles. The molecule has 3 heterocycles. The van der Waals surface area contributed by atoms with Crippen molar-refractivity contribution in [2.45, 2.75) is 25.8 Å². The molecule has 0 bridgehead atoms. The van der Waals surface area contributed by atoms with Crippen LogP contribution in [0.15, 0.2) is 48.7 Å². The number of aryl methyl sites for hydroxylation is 1. The summed E-state index contributed by atoms with van der Waals surface area (Å²) in [5.74, 6) is 0.454. The first-order chi connectivity index (χ1) is 12.2. The zero-order valence-electron chi connectivity index (χ0n) is 14.3. The van der Waals surface area contributed by atoms with E-state index in [1.54, 1.807) is 0 Å². The van der Waals surface area contributed by atoms with Crippen LogP contribution in [0.5, 0.6) is 0 Å². The molecule has 0 spiro atoms. The average molecular weight is 334 g/mol. The zero-order valence-corrected chi connectivity index (χ0v) is 14.3. The van der Waals surface area contributed by atoms with Crippen LogP contribution in [0.4, 0.5) is 0 Å². The summed E-state index contributed by atoms with van der Waals surface area (Å²) in [5.41, 5.74) is 4.84. The van der Waals surface area contributed by atoms with Crippen molar-refractivity contribution in [1.82, 2.24) is 20.0 Å². The van der Waals surface area contributed by atoms with Crippen molar-refractivity contribution in [3.8, 4) is 0 Å². The Labute approximate surface area is 147 Å². The first-order valence-corrected chi connectivity index (χ1v) is 8.73. The largest absolute Gasteiger partial charge is 0.346 e. The van der Waals surface area contributed by atoms with Gasteiger partial charge < -0.3 is 15.0 Å². The topological polar surface area (TPSA) is 58.4 Å². The SMILES string of the molecule is Cc1cccc2nc(CNC(=O)c3cccc([C@@H]4CCNC4)c3)cn12. The number of carbonyl (C=O) groups is 1. The lowest BCUT2D eigenvalue weighted by molar-refractivity contribution is 0.0950. The number of nitrogens with zero attached hydrogens (tertiary/aromatic N) is 2. The highest BCUT2D eigenvalue weighted by atomic mass is 16.1. The second kappa shape index (κ2) is 6.69. The van der Waals surface area contributed by atoms with Gasteiger partial charge in [-0.25, -0.2) is 4.98 Å². The molecule has 4 rings (SSSR count). The predicted molar refractivity (Wildman–Crippen MR) is 97.8 cm³/mol. The summed E-state index contributed by atoms with van der Waals surface area (Å²) in [6.07, 6.45) is 3.11. The number of amides is 1. The number of fused-ring (bicyclic) bond motifs is 1. The fourth-order valence-corrected chi connectivity index (χ4v) is 3.43. The molecule has 5 nitrogen and oxygen atoms in total. The third kappa shape index (κ3) is 3.28. The van der Waals surface area contributed by atoms with Crippen LogP contribution in [-0.4, -0.2) is 28.4 Å². The quantitative estimate of drug-likeness (QED) is 0.771. The van der Waals surface area contributed by atoms with Crippen LogP contribution < -0.4 is 10.6 Å². The highest BCUT2D eigenvalue weighted by molar-refractivity contribution is 5.94. The zero-order chi connectivity index (χ0) is 17.2. The van der Waals surface area contributed by atoms with Gasteiger partial charge in [0.1, 0.15) is 5.65 Å². The van der Waals surface area contributed by atoms with Crippen LogP contribution in [0.25, 0.3) is 5.65 Å². The van der Waals surface area contributed by atoms with E-state index >= 15 is 0 Å². The third-order valence-corrected chi connectivity index (χ3v) is 4.86. The van der Waals surface area contributed by atoms with Crippen molar-refractivity contribution in [3.63, 3.8) is 0 Å². The number of aromatic nitrogens is 2. The molecule has 2 N–H and O–H groups in total. The van der Waals surface area contributed by atoms with E-state index in [4.69, 9.17) is 0 Å². The summed E-state index contributed by atoms with van der Waals surface area (Å²) in [6, 6.07) is 14.0. The number of nitrogens with one attached hydrogen (secondary N) is 2. The van der Waals surface area contributed by atoms with Crippen molar-refractivity contribution in [2.75, 3.05) is 13.1 Å². The van der Waals surface area contributed by atoms with Crippen molar-refractivity contribution in [2.24, 2.45) is 0 Å². The van der Waals surface area contributed by atoms with Crippen LogP contribution in [0.2, 0.25) is 0 Å². The second-order valence-corrected chi connectivity index (χ2v) is 6.63. The molecular weight excluding hydrogens is 312 g/mol. The lowest BCUT2D eigenvalue weighted by atomic mass is 9.96. The molecule has 0 aliphatic carbocycles. The molecule has 128 valence electrons. The number of pyridine rings is 1. The van der Waals surface area contributed by atoms with Crippen molar-refractivity contribution in [3.05, 3.63) is 71.2 Å². The van der Waals surface area contributed by atoms with Crippen LogP contribution in [-0.2, 0) is 6.54 Å². The van der Waals surface area contributed by atoms with E-state index in [0.29, 0.717) is 18.0 Å². The van der Waals surface area contributed by atoms with Gasteiger partial charge in [-0.05, 0) is 55.6 Å². The van der Waals surface area contributed by atoms with E-state index in [1.807, 2.05) is 53.9 Å². The summed E-state index contributed by atoms with van der Waals surface area (Å²) in [6.45, 7) is 4.51. The van der Waals surface area contributed by atoms with Gasteiger partial charge in [-0.1, -0.05) is 18.2 Å². The van der Waals surface area contributed by atoms with Gasteiger partial charge in [-0.3, -0.25) is 4.79 Å². The maximum absolute atomic E-state index is 12.5. The molecule has 0 radical (unpaired) electrons. The van der Waals surface area contributed by atoms with Gasteiger partial charge in [0.05, 0.1) is 12.2 Å². The van der Waals surface area contributed by atoms with Gasteiger partial charge in [0.2, 0.25) is 0 Å². The number of hydrogen-bond acceptors (Lipinski definition) is 3. The van der Waals surface area contributed by atoms with Gasteiger partial charge in [-0.15, -0.1) is 0 Å². The maximum atomic E-state index is 12.5. The summed E-state index contributed by atoms with van der Waals surface area (Å²) in [4.78, 5) is 17.1. The molecule has 5 heteroatoms. The number of carbonyl (C=O) groups excluding carboxylic acids is 1. The Hall–Kier alpha value is -2.66. The number of benzene rings is 1. The third-order valence-electron chi connectivity index (χ3n) is 4.86. The fourth-order valence-electron chi connectivity index (χ4n) is 3.43. The first-order valence-electron chi connectivity index (χ1n) is 8.73. The van der Waals surface area contributed by atoms with E-state index in [-0.39, 0.29) is 5.91 Å². The number of hydrogen-bond donors (Lipinski definition) is 2. The molecule has 0 saturated carbocycles. The fraction of sp³-hybridized carbons (Fsp3) is 0.300. The molecule has 25 heavy (non-hydrogen) atoms. The number of rotatable bonds is 4. The monoisotopic (exact) mass is 334 g/mol. The Morgan fingerprint density at radius 3 is 3.00 bits per heavy atom. The molecule has 2 aromatic heterocycles. The molecule has 1 amide bonds. The Bertz CT molecular complexity index is 909. The van der Waals surface area contributed by atoms with E-state index in [0.717, 1.165) is 36.5 Å². The molecule has 1 atom stereocenters. The van der Waals surface area contributed by atoms with Crippen molar-refractivity contribution >= 4 is 11.6 Å². The average Bonchev–Trinajstić information content (AvgIpc) is 3.30. The highest BCUT2D eigenvalue weighted by Crippen LogP contribution is 2.23. The summed E-state index contributed by atoms with van der Waals surface area (Å²) < 4.78 is 2.04. The van der Waals surface area contributed by atoms with E-state index in [9.17, 15) is 4.79 Å². The summed E-state index contributed by atoms with van der Waals surface area (Å²) in [7, 11) is 0. The molecule has 3 aromatic rings. The normalized spacial score (nSPS) is 17.1. The number of imidazole rings is 1. The van der Waals surface area contributed by atoms with Gasteiger partial charge in [0.25, 0.3) is 5.91 Å². The van der Waals surface area contributed by atoms with Gasteiger partial charge in [0, 0.05) is 24.0 Å². The highest BCUT2D eigenvalue weighted by Gasteiger charge is 2.17. The molecule has 0 unspecified atom stereocenters. The predicted octanol–water partition coefficient (Wildman–Crippen LogP) is 2.65. The minimum atomic E-state index is -0.0541. The molecule has 1 aliphatic rings. The lowest BCUT2D eigenvalue weighted by Gasteiger charge is -2.10. The van der Waals surface area contributed by atoms with Gasteiger partial charge in [-0.2, -0.15) is 0 Å². The smallest absolute Gasteiger partial charge is 0.251 e. The maximum Gasteiger partial charge on any atom is 0.251 e. The molecular formula is C20H22N4O. The van der Waals surface area contributed by atoms with Crippen LogP contribution in [0, 0.1) is 6.92 Å². The van der Waals surface area contributed by atoms with Crippen LogP contribution in [0.1, 0.15) is 39.6 Å². The van der Waals surface area contributed by atoms with Gasteiger partial charge >= 0.3 is 0 Å². The molecule has 1 aromatic carbocycles. The summed E-state index contributed by atoms with van der Waals surface area (Å²) >= 11 is 0. The Morgan fingerprint density at radius 1 is 1.32 bits per heavy atom.